The van der Waals surface area contributed by atoms with Crippen LogP contribution < -0.4 is 5.32 Å². The quantitative estimate of drug-likeness (QED) is 0.506. The molecule has 1 aliphatic rings. The van der Waals surface area contributed by atoms with Gasteiger partial charge in [0.1, 0.15) is 13.7 Å². The minimum absolute atomic E-state index is 0.0591. The molecule has 12 heavy (non-hydrogen) atoms. The summed E-state index contributed by atoms with van der Waals surface area (Å²) in [6.07, 6.45) is 1.66. The molecule has 1 aliphatic heterocycles. The summed E-state index contributed by atoms with van der Waals surface area (Å²) in [5.74, 6) is 0.595. The maximum atomic E-state index is 11.4. The Morgan fingerprint density at radius 2 is 2.42 bits per heavy atom. The van der Waals surface area contributed by atoms with Crippen LogP contribution in [0.15, 0.2) is 18.3 Å². The van der Waals surface area contributed by atoms with Gasteiger partial charge in [0.2, 0.25) is 5.91 Å². The van der Waals surface area contributed by atoms with Gasteiger partial charge in [-0.1, -0.05) is 22.0 Å². The number of nitrogens with one attached hydrogen (secondary N) is 1. The van der Waals surface area contributed by atoms with Gasteiger partial charge in [0.15, 0.2) is 0 Å². The van der Waals surface area contributed by atoms with Crippen molar-refractivity contribution in [3.05, 3.63) is 23.9 Å². The lowest BCUT2D eigenvalue weighted by Crippen LogP contribution is -2.27. The van der Waals surface area contributed by atoms with E-state index < -0.39 is 4.22 Å². The molecule has 0 fully saturated rings. The van der Waals surface area contributed by atoms with E-state index in [2.05, 4.69) is 26.2 Å². The van der Waals surface area contributed by atoms with Crippen molar-refractivity contribution in [1.82, 2.24) is 4.98 Å². The van der Waals surface area contributed by atoms with Gasteiger partial charge in [0, 0.05) is 11.8 Å². The maximum absolute atomic E-state index is 11.4. The molecule has 0 spiro atoms. The Balaban J connectivity index is 2.63. The summed E-state index contributed by atoms with van der Waals surface area (Å²) < 4.78 is -0.614. The van der Waals surface area contributed by atoms with Crippen molar-refractivity contribution in [2.75, 3.05) is 5.32 Å². The van der Waals surface area contributed by atoms with E-state index >= 15 is 0 Å². The molecule has 1 N–H and O–H groups in total. The number of nitrogens with zero attached hydrogens (tertiary/aromatic N) is 1. The molecule has 5 heteroatoms. The Hall–Kier alpha value is -0.835. The molecule has 1 amide bonds. The lowest BCUT2D eigenvalue weighted by molar-refractivity contribution is -0.116. The number of anilines is 1. The van der Waals surface area contributed by atoms with Crippen molar-refractivity contribution in [3.63, 3.8) is 0 Å². The number of hydrogen-bond donors (Lipinski definition) is 1. The Kier molecular flexibility index (Phi) is 1.51. The third kappa shape index (κ3) is 0.892. The number of hydrogen-bond acceptors (Lipinski definition) is 2. The van der Waals surface area contributed by atoms with Crippen LogP contribution in [0.4, 0.5) is 5.82 Å². The molecule has 2 heterocycles. The molecule has 0 bridgehead atoms. The molecule has 1 aromatic heterocycles. The van der Waals surface area contributed by atoms with Crippen LogP contribution in [0, 0.1) is 0 Å². The summed E-state index contributed by atoms with van der Waals surface area (Å²) >= 11 is 3.35. The number of rotatable bonds is 0. The van der Waals surface area contributed by atoms with Gasteiger partial charge in [-0.25, -0.2) is 4.98 Å². The first-order chi connectivity index (χ1) is 5.62. The van der Waals surface area contributed by atoms with E-state index in [1.807, 2.05) is 20.0 Å². The highest BCUT2D eigenvalue weighted by Gasteiger charge is 2.40. The third-order valence-electron chi connectivity index (χ3n) is 1.97. The van der Waals surface area contributed by atoms with Gasteiger partial charge in [-0.05, 0) is 6.07 Å². The smallest absolute Gasteiger partial charge is 0.238 e. The zero-order valence-electron chi connectivity index (χ0n) is 6.47. The molecule has 0 radical (unpaired) electrons. The average Bonchev–Trinajstić information content (AvgIpc) is 2.25. The molecule has 60 valence electrons. The van der Waals surface area contributed by atoms with Gasteiger partial charge in [-0.3, -0.25) is 4.79 Å². The van der Waals surface area contributed by atoms with E-state index in [4.69, 9.17) is 0 Å². The van der Waals surface area contributed by atoms with Gasteiger partial charge in [-0.15, -0.1) is 0 Å². The van der Waals surface area contributed by atoms with E-state index in [0.29, 0.717) is 5.82 Å². The summed E-state index contributed by atoms with van der Waals surface area (Å²) in [5, 5.41) is 2.69. The average molecular weight is 225 g/mol. The van der Waals surface area contributed by atoms with Crippen LogP contribution in [0.1, 0.15) is 5.56 Å². The number of alkyl halides is 1. The van der Waals surface area contributed by atoms with Crippen molar-refractivity contribution < 1.29 is 4.79 Å². The van der Waals surface area contributed by atoms with E-state index in [0.717, 1.165) is 5.56 Å². The van der Waals surface area contributed by atoms with Crippen LogP contribution in [0.3, 0.4) is 0 Å². The van der Waals surface area contributed by atoms with Crippen LogP contribution in [0.5, 0.6) is 0 Å². The molecular formula is C7H6BBrN2O. The van der Waals surface area contributed by atoms with Gasteiger partial charge in [0.25, 0.3) is 0 Å². The molecule has 1 aromatic rings. The molecule has 2 rings (SSSR count). The molecule has 1 unspecified atom stereocenters. The Morgan fingerprint density at radius 1 is 1.67 bits per heavy atom. The van der Waals surface area contributed by atoms with Crippen molar-refractivity contribution in [2.45, 2.75) is 4.22 Å². The van der Waals surface area contributed by atoms with Crippen LogP contribution in [0.2, 0.25) is 0 Å². The third-order valence-corrected chi connectivity index (χ3v) is 2.76. The zero-order valence-corrected chi connectivity index (χ0v) is 8.05. The van der Waals surface area contributed by atoms with E-state index in [1.165, 1.54) is 0 Å². The van der Waals surface area contributed by atoms with Crippen molar-refractivity contribution in [3.8, 4) is 0 Å². The highest BCUT2D eigenvalue weighted by molar-refractivity contribution is 9.10. The summed E-state index contributed by atoms with van der Waals surface area (Å²) in [7, 11) is 1.82. The second-order valence-electron chi connectivity index (χ2n) is 2.86. The van der Waals surface area contributed by atoms with Crippen LogP contribution >= 0.6 is 15.9 Å². The molecule has 1 atom stereocenters. The number of aromatic nitrogens is 1. The van der Waals surface area contributed by atoms with Crippen LogP contribution in [-0.4, -0.2) is 18.7 Å². The summed E-state index contributed by atoms with van der Waals surface area (Å²) in [4.78, 5) is 15.4. The van der Waals surface area contributed by atoms with Gasteiger partial charge >= 0.3 is 0 Å². The van der Waals surface area contributed by atoms with Gasteiger partial charge in [-0.2, -0.15) is 0 Å². The molecule has 0 aromatic carbocycles. The van der Waals surface area contributed by atoms with Crippen LogP contribution in [0.25, 0.3) is 0 Å². The Bertz CT molecular complexity index is 353. The standard InChI is InChI=1S/C7H6BBrN2O/c8-7(9)4-2-1-3-10-5(4)11-6(7)12/h1-3H,8H2,(H,10,11,12). The molecule has 0 aliphatic carbocycles. The number of pyridine rings is 1. The van der Waals surface area contributed by atoms with Gasteiger partial charge < -0.3 is 5.32 Å². The predicted molar refractivity (Wildman–Crippen MR) is 52.0 cm³/mol. The van der Waals surface area contributed by atoms with Crippen LogP contribution in [-0.2, 0) is 9.02 Å². The Morgan fingerprint density at radius 3 is 3.08 bits per heavy atom. The van der Waals surface area contributed by atoms with E-state index in [9.17, 15) is 4.79 Å². The molecular weight excluding hydrogens is 219 g/mol. The molecule has 0 saturated carbocycles. The zero-order chi connectivity index (χ0) is 8.77. The number of carbonyl (C=O) groups excluding carboxylic acids is 1. The van der Waals surface area contributed by atoms with Crippen molar-refractivity contribution in [1.29, 1.82) is 0 Å². The number of fused-ring (bicyclic) bond motifs is 1. The summed E-state index contributed by atoms with van der Waals surface area (Å²) in [6, 6.07) is 3.70. The minimum Gasteiger partial charge on any atom is -0.310 e. The highest BCUT2D eigenvalue weighted by atomic mass is 79.9. The van der Waals surface area contributed by atoms with Gasteiger partial charge in [0.05, 0.1) is 4.22 Å². The molecule has 0 saturated heterocycles. The Labute approximate surface area is 79.1 Å². The van der Waals surface area contributed by atoms with Crippen molar-refractivity contribution >= 4 is 35.5 Å². The predicted octanol–water partition coefficient (Wildman–Crippen LogP) is 0.214. The fraction of sp³-hybridized carbons (Fsp3) is 0.143. The lowest BCUT2D eigenvalue weighted by Gasteiger charge is -2.11. The molecule has 3 nitrogen and oxygen atoms in total. The summed E-state index contributed by atoms with van der Waals surface area (Å²) in [6.45, 7) is 0. The highest BCUT2D eigenvalue weighted by Crippen LogP contribution is 2.38. The van der Waals surface area contributed by atoms with E-state index in [-0.39, 0.29) is 5.91 Å². The van der Waals surface area contributed by atoms with Crippen molar-refractivity contribution in [2.24, 2.45) is 0 Å². The topological polar surface area (TPSA) is 42.0 Å². The largest absolute Gasteiger partial charge is 0.310 e. The number of amides is 1. The fourth-order valence-corrected chi connectivity index (χ4v) is 1.65. The second kappa shape index (κ2) is 2.32. The minimum atomic E-state index is -0.614. The lowest BCUT2D eigenvalue weighted by atomic mass is 9.82. The monoisotopic (exact) mass is 224 g/mol. The summed E-state index contributed by atoms with van der Waals surface area (Å²) in [5.41, 5.74) is 0.898. The first-order valence-electron chi connectivity index (χ1n) is 3.58. The normalized spacial score (nSPS) is 26.6. The number of carbonyl (C=O) groups is 1. The first-order valence-corrected chi connectivity index (χ1v) is 4.37. The second-order valence-corrected chi connectivity index (χ2v) is 4.44. The SMILES string of the molecule is BC1(Br)C(=O)Nc2ncccc21. The van der Waals surface area contributed by atoms with E-state index in [1.54, 1.807) is 6.20 Å². The maximum Gasteiger partial charge on any atom is 0.238 e. The fourth-order valence-electron chi connectivity index (χ4n) is 1.23. The first kappa shape index (κ1) is 7.80. The number of halogens is 1.